The molecule has 2 N–H and O–H groups in total. The number of hydrogen-bond donors (Lipinski definition) is 2. The van der Waals surface area contributed by atoms with Crippen LogP contribution in [0.4, 0.5) is 5.69 Å². The van der Waals surface area contributed by atoms with E-state index in [0.717, 1.165) is 22.8 Å². The van der Waals surface area contributed by atoms with E-state index in [1.165, 1.54) is 11.8 Å². The summed E-state index contributed by atoms with van der Waals surface area (Å²) in [6, 6.07) is 17.0. The van der Waals surface area contributed by atoms with Gasteiger partial charge in [0, 0.05) is 5.69 Å². The Bertz CT molecular complexity index is 942. The lowest BCUT2D eigenvalue weighted by atomic mass is 10.0. The Hall–Kier alpha value is -3.00. The number of nitrogens with one attached hydrogen (secondary N) is 2. The predicted octanol–water partition coefficient (Wildman–Crippen LogP) is 2.99. The number of amides is 1. The summed E-state index contributed by atoms with van der Waals surface area (Å²) in [4.78, 5) is 13.1. The molecule has 0 radical (unpaired) electrons. The second-order valence-electron chi connectivity index (χ2n) is 6.14. The highest BCUT2D eigenvalue weighted by Gasteiger charge is 2.37. The van der Waals surface area contributed by atoms with Gasteiger partial charge in [-0.15, -0.1) is 10.2 Å². The Morgan fingerprint density at radius 2 is 1.89 bits per heavy atom. The van der Waals surface area contributed by atoms with Gasteiger partial charge in [0.05, 0.1) is 13.2 Å². The Morgan fingerprint density at radius 1 is 1.15 bits per heavy atom. The third-order valence-electron chi connectivity index (χ3n) is 4.37. The van der Waals surface area contributed by atoms with E-state index in [2.05, 4.69) is 20.9 Å². The van der Waals surface area contributed by atoms with Crippen molar-refractivity contribution in [3.63, 3.8) is 0 Å². The van der Waals surface area contributed by atoms with Crippen LogP contribution in [0.15, 0.2) is 59.8 Å². The summed E-state index contributed by atoms with van der Waals surface area (Å²) in [7, 11) is 1.61. The molecule has 3 aromatic rings. The molecule has 2 heterocycles. The van der Waals surface area contributed by atoms with Crippen LogP contribution < -0.4 is 15.5 Å². The SMILES string of the molecule is COc1ccc(NC(=O)C2Sc3nnc(C)n3NC2c2ccccc2)cc1. The minimum absolute atomic E-state index is 0.0987. The van der Waals surface area contributed by atoms with Crippen LogP contribution in [0.1, 0.15) is 17.4 Å². The fourth-order valence-corrected chi connectivity index (χ4v) is 4.08. The number of carbonyl (C=O) groups excluding carboxylic acids is 1. The van der Waals surface area contributed by atoms with Gasteiger partial charge in [-0.05, 0) is 36.8 Å². The number of nitrogens with zero attached hydrogens (tertiary/aromatic N) is 3. The van der Waals surface area contributed by atoms with E-state index in [0.29, 0.717) is 5.16 Å². The second kappa shape index (κ2) is 7.32. The Kier molecular flexibility index (Phi) is 4.72. The minimum atomic E-state index is -0.398. The smallest absolute Gasteiger partial charge is 0.240 e. The summed E-state index contributed by atoms with van der Waals surface area (Å²) in [5, 5.41) is 11.5. The van der Waals surface area contributed by atoms with E-state index < -0.39 is 5.25 Å². The molecule has 0 aliphatic carbocycles. The number of fused-ring (bicyclic) bond motifs is 1. The van der Waals surface area contributed by atoms with Gasteiger partial charge in [0.1, 0.15) is 16.8 Å². The van der Waals surface area contributed by atoms with Gasteiger partial charge in [-0.25, -0.2) is 4.68 Å². The lowest BCUT2D eigenvalue weighted by Crippen LogP contribution is -2.41. The molecule has 2 atom stereocenters. The first-order chi connectivity index (χ1) is 13.2. The van der Waals surface area contributed by atoms with E-state index in [4.69, 9.17) is 4.74 Å². The number of rotatable bonds is 4. The van der Waals surface area contributed by atoms with Crippen LogP contribution in [0.2, 0.25) is 0 Å². The lowest BCUT2D eigenvalue weighted by molar-refractivity contribution is -0.116. The zero-order valence-electron chi connectivity index (χ0n) is 14.9. The first-order valence-corrected chi connectivity index (χ1v) is 9.39. The Balaban J connectivity index is 1.62. The Labute approximate surface area is 161 Å². The van der Waals surface area contributed by atoms with Crippen molar-refractivity contribution < 1.29 is 9.53 Å². The first kappa shape index (κ1) is 17.4. The average molecular weight is 381 g/mol. The number of thioether (sulfide) groups is 1. The molecule has 8 heteroatoms. The summed E-state index contributed by atoms with van der Waals surface area (Å²) in [6.07, 6.45) is 0. The summed E-state index contributed by atoms with van der Waals surface area (Å²) in [5.41, 5.74) is 5.13. The normalized spacial score (nSPS) is 18.3. The summed E-state index contributed by atoms with van der Waals surface area (Å²) < 4.78 is 6.99. The van der Waals surface area contributed by atoms with Gasteiger partial charge in [-0.1, -0.05) is 42.1 Å². The van der Waals surface area contributed by atoms with Crippen molar-refractivity contribution in [1.29, 1.82) is 0 Å². The fraction of sp³-hybridized carbons (Fsp3) is 0.211. The topological polar surface area (TPSA) is 81.1 Å². The van der Waals surface area contributed by atoms with Crippen molar-refractivity contribution in [3.05, 3.63) is 66.0 Å². The number of carbonyl (C=O) groups is 1. The van der Waals surface area contributed by atoms with Crippen LogP contribution in [0, 0.1) is 6.92 Å². The van der Waals surface area contributed by atoms with Crippen molar-refractivity contribution in [2.24, 2.45) is 0 Å². The van der Waals surface area contributed by atoms with Crippen LogP contribution in [-0.4, -0.2) is 33.1 Å². The molecule has 7 nitrogen and oxygen atoms in total. The maximum atomic E-state index is 13.1. The van der Waals surface area contributed by atoms with Crippen molar-refractivity contribution >= 4 is 23.4 Å². The molecular weight excluding hydrogens is 362 g/mol. The summed E-state index contributed by atoms with van der Waals surface area (Å²) in [5.74, 6) is 1.40. The van der Waals surface area contributed by atoms with E-state index in [-0.39, 0.29) is 11.9 Å². The van der Waals surface area contributed by atoms with Crippen molar-refractivity contribution in [2.45, 2.75) is 23.4 Å². The molecule has 4 rings (SSSR count). The molecule has 0 bridgehead atoms. The van der Waals surface area contributed by atoms with Gasteiger partial charge < -0.3 is 15.5 Å². The molecular formula is C19H19N5O2S. The lowest BCUT2D eigenvalue weighted by Gasteiger charge is -2.32. The third-order valence-corrected chi connectivity index (χ3v) is 5.59. The highest BCUT2D eigenvalue weighted by molar-refractivity contribution is 8.00. The number of anilines is 1. The van der Waals surface area contributed by atoms with Gasteiger partial charge in [-0.3, -0.25) is 4.79 Å². The molecule has 2 unspecified atom stereocenters. The predicted molar refractivity (Wildman–Crippen MR) is 105 cm³/mol. The second-order valence-corrected chi connectivity index (χ2v) is 7.25. The molecule has 0 saturated carbocycles. The minimum Gasteiger partial charge on any atom is -0.497 e. The molecule has 0 saturated heterocycles. The zero-order valence-corrected chi connectivity index (χ0v) is 15.7. The largest absolute Gasteiger partial charge is 0.497 e. The van der Waals surface area contributed by atoms with Crippen molar-refractivity contribution in [3.8, 4) is 5.75 Å². The van der Waals surface area contributed by atoms with Crippen LogP contribution >= 0.6 is 11.8 Å². The quantitative estimate of drug-likeness (QED) is 0.723. The molecule has 0 spiro atoms. The number of hydrogen-bond acceptors (Lipinski definition) is 6. The molecule has 0 fully saturated rings. The highest BCUT2D eigenvalue weighted by atomic mass is 32.2. The molecule has 1 aliphatic heterocycles. The number of aromatic nitrogens is 3. The van der Waals surface area contributed by atoms with E-state index >= 15 is 0 Å². The monoisotopic (exact) mass is 381 g/mol. The zero-order chi connectivity index (χ0) is 18.8. The van der Waals surface area contributed by atoms with Crippen LogP contribution in [0.3, 0.4) is 0 Å². The molecule has 1 aromatic heterocycles. The van der Waals surface area contributed by atoms with Crippen LogP contribution in [0.25, 0.3) is 0 Å². The number of benzene rings is 2. The Morgan fingerprint density at radius 3 is 2.59 bits per heavy atom. The van der Waals surface area contributed by atoms with Crippen LogP contribution in [0.5, 0.6) is 5.75 Å². The number of aryl methyl sites for hydroxylation is 1. The fourth-order valence-electron chi connectivity index (χ4n) is 2.96. The maximum absolute atomic E-state index is 13.1. The third kappa shape index (κ3) is 3.48. The van der Waals surface area contributed by atoms with Gasteiger partial charge in [-0.2, -0.15) is 0 Å². The summed E-state index contributed by atoms with van der Waals surface area (Å²) in [6.45, 7) is 1.88. The van der Waals surface area contributed by atoms with E-state index in [9.17, 15) is 4.79 Å². The van der Waals surface area contributed by atoms with Gasteiger partial charge in [0.2, 0.25) is 11.1 Å². The van der Waals surface area contributed by atoms with Gasteiger partial charge >= 0.3 is 0 Å². The standard InChI is InChI=1S/C19H19N5O2S/c1-12-21-22-19-24(12)23-16(13-6-4-3-5-7-13)17(27-19)18(25)20-14-8-10-15(26-2)11-9-14/h3-11,16-17,23H,1-2H3,(H,20,25). The summed E-state index contributed by atoms with van der Waals surface area (Å²) >= 11 is 1.41. The molecule has 27 heavy (non-hydrogen) atoms. The van der Waals surface area contributed by atoms with E-state index in [1.807, 2.05) is 66.2 Å². The van der Waals surface area contributed by atoms with Crippen molar-refractivity contribution in [1.82, 2.24) is 14.9 Å². The molecule has 1 amide bonds. The highest BCUT2D eigenvalue weighted by Crippen LogP contribution is 2.37. The van der Waals surface area contributed by atoms with Gasteiger partial charge in [0.25, 0.3) is 0 Å². The van der Waals surface area contributed by atoms with Crippen LogP contribution in [-0.2, 0) is 4.79 Å². The number of ether oxygens (including phenoxy) is 1. The van der Waals surface area contributed by atoms with Gasteiger partial charge in [0.15, 0.2) is 0 Å². The number of methoxy groups -OCH3 is 1. The van der Waals surface area contributed by atoms with Crippen molar-refractivity contribution in [2.75, 3.05) is 17.9 Å². The maximum Gasteiger partial charge on any atom is 0.240 e. The molecule has 2 aromatic carbocycles. The first-order valence-electron chi connectivity index (χ1n) is 8.51. The average Bonchev–Trinajstić information content (AvgIpc) is 3.08. The molecule has 138 valence electrons. The van der Waals surface area contributed by atoms with E-state index in [1.54, 1.807) is 7.11 Å². The molecule has 1 aliphatic rings.